The summed E-state index contributed by atoms with van der Waals surface area (Å²) in [5.74, 6) is 0.349. The van der Waals surface area contributed by atoms with E-state index in [1.54, 1.807) is 12.1 Å². The summed E-state index contributed by atoms with van der Waals surface area (Å²) in [6.07, 6.45) is 1.10. The van der Waals surface area contributed by atoms with Crippen LogP contribution in [0.4, 0.5) is 4.39 Å². The number of hydrogen-bond donors (Lipinski definition) is 0. The maximum atomic E-state index is 13.6. The highest BCUT2D eigenvalue weighted by Crippen LogP contribution is 2.18. The van der Waals surface area contributed by atoms with Gasteiger partial charge in [-0.3, -0.25) is 0 Å². The zero-order valence-electron chi connectivity index (χ0n) is 9.96. The molecule has 1 aliphatic rings. The van der Waals surface area contributed by atoms with E-state index in [1.165, 1.54) is 6.07 Å². The van der Waals surface area contributed by atoms with Crippen LogP contribution < -0.4 is 0 Å². The van der Waals surface area contributed by atoms with Crippen LogP contribution in [0, 0.1) is 11.7 Å². The van der Waals surface area contributed by atoms with E-state index in [1.807, 2.05) is 7.05 Å². The summed E-state index contributed by atoms with van der Waals surface area (Å²) in [5, 5.41) is 0.443. The molecule has 0 unspecified atom stereocenters. The van der Waals surface area contributed by atoms with Gasteiger partial charge in [-0.05, 0) is 31.5 Å². The molecule has 1 fully saturated rings. The Balaban J connectivity index is 1.90. The fourth-order valence-corrected chi connectivity index (χ4v) is 2.33. The van der Waals surface area contributed by atoms with Crippen molar-refractivity contribution in [3.63, 3.8) is 0 Å². The van der Waals surface area contributed by atoms with Gasteiger partial charge in [-0.25, -0.2) is 4.39 Å². The van der Waals surface area contributed by atoms with Crippen molar-refractivity contribution in [3.05, 3.63) is 34.6 Å². The molecular formula is C13H17ClFNO. The second-order valence-electron chi connectivity index (χ2n) is 4.66. The second kappa shape index (κ2) is 5.80. The SMILES string of the molecule is CN(Cc1ccc(Cl)cc1F)C[C@H]1CCOC1. The van der Waals surface area contributed by atoms with Gasteiger partial charge in [-0.1, -0.05) is 17.7 Å². The zero-order chi connectivity index (χ0) is 12.3. The number of hydrogen-bond acceptors (Lipinski definition) is 2. The Bertz CT molecular complexity index is 380. The minimum absolute atomic E-state index is 0.230. The molecule has 0 bridgehead atoms. The first-order valence-electron chi connectivity index (χ1n) is 5.85. The van der Waals surface area contributed by atoms with E-state index in [-0.39, 0.29) is 5.82 Å². The van der Waals surface area contributed by atoms with Crippen molar-refractivity contribution in [2.75, 3.05) is 26.8 Å². The zero-order valence-corrected chi connectivity index (χ0v) is 10.7. The van der Waals surface area contributed by atoms with Crippen molar-refractivity contribution in [1.82, 2.24) is 4.90 Å². The lowest BCUT2D eigenvalue weighted by Gasteiger charge is -2.20. The summed E-state index contributed by atoms with van der Waals surface area (Å²) in [4.78, 5) is 2.13. The first kappa shape index (κ1) is 12.8. The van der Waals surface area contributed by atoms with Gasteiger partial charge < -0.3 is 9.64 Å². The molecule has 4 heteroatoms. The van der Waals surface area contributed by atoms with Crippen LogP contribution in [0.3, 0.4) is 0 Å². The molecule has 0 aliphatic carbocycles. The highest BCUT2D eigenvalue weighted by atomic mass is 35.5. The van der Waals surface area contributed by atoms with Crippen LogP contribution in [0.25, 0.3) is 0 Å². The third kappa shape index (κ3) is 3.66. The van der Waals surface area contributed by atoms with Gasteiger partial charge >= 0.3 is 0 Å². The highest BCUT2D eigenvalue weighted by molar-refractivity contribution is 6.30. The molecule has 1 saturated heterocycles. The molecule has 1 aromatic rings. The molecule has 1 aliphatic heterocycles. The number of benzene rings is 1. The third-order valence-corrected chi connectivity index (χ3v) is 3.28. The fourth-order valence-electron chi connectivity index (χ4n) is 2.17. The normalized spacial score (nSPS) is 20.1. The second-order valence-corrected chi connectivity index (χ2v) is 5.10. The molecule has 0 amide bonds. The summed E-state index contributed by atoms with van der Waals surface area (Å²) in [5.41, 5.74) is 0.691. The van der Waals surface area contributed by atoms with E-state index in [2.05, 4.69) is 4.90 Å². The maximum absolute atomic E-state index is 13.6. The topological polar surface area (TPSA) is 12.5 Å². The first-order chi connectivity index (χ1) is 8.15. The average molecular weight is 258 g/mol. The molecule has 1 heterocycles. The Morgan fingerprint density at radius 1 is 1.53 bits per heavy atom. The van der Waals surface area contributed by atoms with Gasteiger partial charge in [0.15, 0.2) is 0 Å². The van der Waals surface area contributed by atoms with Gasteiger partial charge in [0.05, 0.1) is 6.61 Å². The van der Waals surface area contributed by atoms with Gasteiger partial charge in [0.2, 0.25) is 0 Å². The molecule has 1 aromatic carbocycles. The van der Waals surface area contributed by atoms with Crippen LogP contribution in [0.2, 0.25) is 5.02 Å². The van der Waals surface area contributed by atoms with E-state index in [0.29, 0.717) is 23.0 Å². The Hall–Kier alpha value is -0.640. The molecule has 2 rings (SSSR count). The van der Waals surface area contributed by atoms with Crippen LogP contribution in [0.1, 0.15) is 12.0 Å². The average Bonchev–Trinajstić information content (AvgIpc) is 2.75. The largest absolute Gasteiger partial charge is 0.381 e. The summed E-state index contributed by atoms with van der Waals surface area (Å²) in [7, 11) is 2.01. The Morgan fingerprint density at radius 3 is 3.00 bits per heavy atom. The van der Waals surface area contributed by atoms with Crippen molar-refractivity contribution in [2.45, 2.75) is 13.0 Å². The summed E-state index contributed by atoms with van der Waals surface area (Å²) in [6.45, 7) is 3.24. The van der Waals surface area contributed by atoms with Gasteiger partial charge in [0.1, 0.15) is 5.82 Å². The van der Waals surface area contributed by atoms with E-state index in [9.17, 15) is 4.39 Å². The van der Waals surface area contributed by atoms with Crippen molar-refractivity contribution >= 4 is 11.6 Å². The molecule has 0 spiro atoms. The van der Waals surface area contributed by atoms with E-state index in [0.717, 1.165) is 26.2 Å². The van der Waals surface area contributed by atoms with Crippen molar-refractivity contribution < 1.29 is 9.13 Å². The molecule has 2 nitrogen and oxygen atoms in total. The lowest BCUT2D eigenvalue weighted by molar-refractivity contribution is 0.172. The van der Waals surface area contributed by atoms with Crippen LogP contribution in [0.15, 0.2) is 18.2 Å². The highest BCUT2D eigenvalue weighted by Gasteiger charge is 2.18. The van der Waals surface area contributed by atoms with Crippen molar-refractivity contribution in [3.8, 4) is 0 Å². The first-order valence-corrected chi connectivity index (χ1v) is 6.23. The number of rotatable bonds is 4. The summed E-state index contributed by atoms with van der Waals surface area (Å²) in [6, 6.07) is 4.84. The summed E-state index contributed by atoms with van der Waals surface area (Å²) < 4.78 is 18.9. The predicted molar refractivity (Wildman–Crippen MR) is 66.7 cm³/mol. The maximum Gasteiger partial charge on any atom is 0.129 e. The van der Waals surface area contributed by atoms with Gasteiger partial charge in [0.25, 0.3) is 0 Å². The molecule has 0 saturated carbocycles. The molecule has 94 valence electrons. The van der Waals surface area contributed by atoms with Crippen LogP contribution in [-0.2, 0) is 11.3 Å². The van der Waals surface area contributed by atoms with Gasteiger partial charge in [-0.15, -0.1) is 0 Å². The lowest BCUT2D eigenvalue weighted by atomic mass is 10.1. The van der Waals surface area contributed by atoms with Crippen molar-refractivity contribution in [1.29, 1.82) is 0 Å². The Kier molecular flexibility index (Phi) is 4.37. The minimum atomic E-state index is -0.230. The molecule has 1 atom stereocenters. The van der Waals surface area contributed by atoms with Crippen LogP contribution in [-0.4, -0.2) is 31.7 Å². The summed E-state index contributed by atoms with van der Waals surface area (Å²) >= 11 is 5.72. The number of halogens is 2. The molecular weight excluding hydrogens is 241 g/mol. The van der Waals surface area contributed by atoms with Crippen molar-refractivity contribution in [2.24, 2.45) is 5.92 Å². The van der Waals surface area contributed by atoms with Crippen LogP contribution >= 0.6 is 11.6 Å². The standard InChI is InChI=1S/C13H17ClFNO/c1-16(7-10-4-5-17-9-10)8-11-2-3-12(14)6-13(11)15/h2-3,6,10H,4-5,7-9H2,1H3/t10-/m1/s1. The smallest absolute Gasteiger partial charge is 0.129 e. The lowest BCUT2D eigenvalue weighted by Crippen LogP contribution is -2.26. The molecule has 17 heavy (non-hydrogen) atoms. The molecule has 0 N–H and O–H groups in total. The minimum Gasteiger partial charge on any atom is -0.381 e. The number of ether oxygens (including phenoxy) is 1. The molecule has 0 aromatic heterocycles. The Labute approximate surface area is 106 Å². The predicted octanol–water partition coefficient (Wildman–Crippen LogP) is 2.95. The van der Waals surface area contributed by atoms with E-state index >= 15 is 0 Å². The van der Waals surface area contributed by atoms with E-state index in [4.69, 9.17) is 16.3 Å². The third-order valence-electron chi connectivity index (χ3n) is 3.05. The quantitative estimate of drug-likeness (QED) is 0.822. The van der Waals surface area contributed by atoms with E-state index < -0.39 is 0 Å². The fraction of sp³-hybridized carbons (Fsp3) is 0.538. The van der Waals surface area contributed by atoms with Crippen LogP contribution in [0.5, 0.6) is 0 Å². The molecule has 0 radical (unpaired) electrons. The monoisotopic (exact) mass is 257 g/mol. The van der Waals surface area contributed by atoms with Gasteiger partial charge in [0, 0.05) is 30.3 Å². The Morgan fingerprint density at radius 2 is 2.35 bits per heavy atom. The van der Waals surface area contributed by atoms with Gasteiger partial charge in [-0.2, -0.15) is 0 Å². The number of nitrogens with zero attached hydrogens (tertiary/aromatic N) is 1.